The minimum Gasteiger partial charge on any atom is -0.390 e. The summed E-state index contributed by atoms with van der Waals surface area (Å²) < 4.78 is 0. The Morgan fingerprint density at radius 3 is 2.76 bits per heavy atom. The van der Waals surface area contributed by atoms with Gasteiger partial charge in [-0.2, -0.15) is 0 Å². The molecule has 6 rings (SSSR count). The lowest BCUT2D eigenvalue weighted by molar-refractivity contribution is -0.129. The molecule has 6 nitrogen and oxygen atoms in total. The van der Waals surface area contributed by atoms with Crippen molar-refractivity contribution in [3.8, 4) is 0 Å². The summed E-state index contributed by atoms with van der Waals surface area (Å²) in [7, 11) is 0. The summed E-state index contributed by atoms with van der Waals surface area (Å²) in [5.41, 5.74) is 1.48. The van der Waals surface area contributed by atoms with E-state index in [0.29, 0.717) is 23.3 Å². The standard InChI is InChI=1S/C19H23N3O3/c23-9-15(24)14-8-21-18-13(1-2-20-18)17(14)22-16-11-3-10-4-12(16)7-19(25,5-10)6-11/h1-2,8,10-12,16,23,25H,3-7,9H2,(H2,20,21,22)/t10?,11-,12+,16?,19?. The van der Waals surface area contributed by atoms with Crippen molar-refractivity contribution in [3.05, 3.63) is 24.0 Å². The molecular formula is C19H23N3O3. The quantitative estimate of drug-likeness (QED) is 0.638. The number of H-pyrrole nitrogens is 1. The lowest BCUT2D eigenvalue weighted by atomic mass is 9.52. The van der Waals surface area contributed by atoms with Crippen LogP contribution in [0.3, 0.4) is 0 Å². The van der Waals surface area contributed by atoms with Crippen molar-refractivity contribution >= 4 is 22.5 Å². The van der Waals surface area contributed by atoms with E-state index in [-0.39, 0.29) is 11.8 Å². The Kier molecular flexibility index (Phi) is 3.24. The number of hydrogen-bond acceptors (Lipinski definition) is 5. The van der Waals surface area contributed by atoms with Gasteiger partial charge in [-0.25, -0.2) is 4.98 Å². The molecular weight excluding hydrogens is 318 g/mol. The predicted molar refractivity (Wildman–Crippen MR) is 93.4 cm³/mol. The van der Waals surface area contributed by atoms with E-state index in [4.69, 9.17) is 0 Å². The predicted octanol–water partition coefficient (Wildman–Crippen LogP) is 2.09. The van der Waals surface area contributed by atoms with Gasteiger partial charge in [0.15, 0.2) is 5.78 Å². The Balaban J connectivity index is 1.54. The third-order valence-electron chi connectivity index (χ3n) is 6.58. The Hall–Kier alpha value is -1.92. The van der Waals surface area contributed by atoms with Crippen LogP contribution in [0.4, 0.5) is 5.69 Å². The summed E-state index contributed by atoms with van der Waals surface area (Å²) in [5.74, 6) is 1.20. The maximum absolute atomic E-state index is 12.2. The number of nitrogens with one attached hydrogen (secondary N) is 2. The van der Waals surface area contributed by atoms with Crippen LogP contribution < -0.4 is 5.32 Å². The van der Waals surface area contributed by atoms with E-state index >= 15 is 0 Å². The van der Waals surface area contributed by atoms with Gasteiger partial charge in [0.05, 0.1) is 16.9 Å². The Morgan fingerprint density at radius 2 is 2.08 bits per heavy atom. The highest BCUT2D eigenvalue weighted by molar-refractivity contribution is 6.08. The van der Waals surface area contributed by atoms with Crippen molar-refractivity contribution < 1.29 is 15.0 Å². The molecule has 2 aromatic heterocycles. The molecule has 4 bridgehead atoms. The van der Waals surface area contributed by atoms with Crippen LogP contribution in [0, 0.1) is 17.8 Å². The maximum Gasteiger partial charge on any atom is 0.191 e. The molecule has 2 aromatic rings. The number of aromatic amines is 1. The molecule has 0 amide bonds. The molecule has 132 valence electrons. The molecule has 0 spiro atoms. The minimum atomic E-state index is -0.522. The fourth-order valence-corrected chi connectivity index (χ4v) is 5.84. The number of anilines is 1. The zero-order chi connectivity index (χ0) is 17.2. The minimum absolute atomic E-state index is 0.266. The first-order valence-corrected chi connectivity index (χ1v) is 9.15. The van der Waals surface area contributed by atoms with Gasteiger partial charge in [0.25, 0.3) is 0 Å². The molecule has 4 aliphatic rings. The lowest BCUT2D eigenvalue weighted by Gasteiger charge is -2.58. The Labute approximate surface area is 145 Å². The number of aliphatic hydroxyl groups excluding tert-OH is 1. The van der Waals surface area contributed by atoms with Crippen LogP contribution >= 0.6 is 0 Å². The number of carbonyl (C=O) groups excluding carboxylic acids is 1. The normalized spacial score (nSPS) is 36.1. The number of ketones is 1. The topological polar surface area (TPSA) is 98.2 Å². The van der Waals surface area contributed by atoms with Crippen LogP contribution in [0.25, 0.3) is 11.0 Å². The van der Waals surface area contributed by atoms with Gasteiger partial charge < -0.3 is 20.5 Å². The summed E-state index contributed by atoms with van der Waals surface area (Å²) in [5, 5.41) is 24.6. The number of aliphatic hydroxyl groups is 2. The molecule has 0 radical (unpaired) electrons. The average Bonchev–Trinajstić information content (AvgIpc) is 3.04. The number of hydrogen-bond donors (Lipinski definition) is 4. The summed E-state index contributed by atoms with van der Waals surface area (Å²) >= 11 is 0. The zero-order valence-corrected chi connectivity index (χ0v) is 14.0. The van der Waals surface area contributed by atoms with Gasteiger partial charge >= 0.3 is 0 Å². The Bertz CT molecular complexity index is 830. The summed E-state index contributed by atoms with van der Waals surface area (Å²) in [6.07, 6.45) is 8.32. The first kappa shape index (κ1) is 15.3. The van der Waals surface area contributed by atoms with Gasteiger partial charge in [0.1, 0.15) is 12.3 Å². The highest BCUT2D eigenvalue weighted by atomic mass is 16.3. The maximum atomic E-state index is 12.2. The highest BCUT2D eigenvalue weighted by Gasteiger charge is 2.54. The Morgan fingerprint density at radius 1 is 1.32 bits per heavy atom. The van der Waals surface area contributed by atoms with E-state index in [1.165, 1.54) is 0 Å². The molecule has 4 aliphatic carbocycles. The van der Waals surface area contributed by atoms with Gasteiger partial charge in [0.2, 0.25) is 0 Å². The molecule has 2 heterocycles. The van der Waals surface area contributed by atoms with Crippen LogP contribution in [0.15, 0.2) is 18.5 Å². The second-order valence-corrected chi connectivity index (χ2v) is 8.23. The molecule has 4 fully saturated rings. The van der Waals surface area contributed by atoms with Crippen LogP contribution in [0.1, 0.15) is 42.5 Å². The molecule has 3 unspecified atom stereocenters. The van der Waals surface area contributed by atoms with Gasteiger partial charge in [-0.15, -0.1) is 0 Å². The molecule has 6 heteroatoms. The van der Waals surface area contributed by atoms with E-state index < -0.39 is 12.2 Å². The third-order valence-corrected chi connectivity index (χ3v) is 6.58. The van der Waals surface area contributed by atoms with Crippen molar-refractivity contribution in [2.24, 2.45) is 17.8 Å². The molecule has 0 aromatic carbocycles. The number of pyridine rings is 1. The van der Waals surface area contributed by atoms with Crippen molar-refractivity contribution in [3.63, 3.8) is 0 Å². The van der Waals surface area contributed by atoms with E-state index in [0.717, 1.165) is 48.8 Å². The SMILES string of the molecule is O=C(CO)c1cnc2[nH]ccc2c1NC1[C@@H]2CC3C[C@H]1CC(O)(C3)C2. The van der Waals surface area contributed by atoms with Crippen LogP contribution in [-0.2, 0) is 0 Å². The van der Waals surface area contributed by atoms with Crippen molar-refractivity contribution in [2.75, 3.05) is 11.9 Å². The molecule has 25 heavy (non-hydrogen) atoms. The van der Waals surface area contributed by atoms with Gasteiger partial charge in [-0.05, 0) is 55.9 Å². The van der Waals surface area contributed by atoms with Crippen LogP contribution in [0.2, 0.25) is 0 Å². The number of aromatic nitrogens is 2. The van der Waals surface area contributed by atoms with Gasteiger partial charge in [-0.3, -0.25) is 4.79 Å². The zero-order valence-electron chi connectivity index (χ0n) is 14.0. The first-order chi connectivity index (χ1) is 12.1. The van der Waals surface area contributed by atoms with Crippen molar-refractivity contribution in [1.82, 2.24) is 9.97 Å². The molecule has 4 saturated carbocycles. The number of Topliss-reactive ketones (excluding diaryl/α,β-unsaturated/α-hetero) is 1. The monoisotopic (exact) mass is 341 g/mol. The van der Waals surface area contributed by atoms with E-state index in [9.17, 15) is 15.0 Å². The summed E-state index contributed by atoms with van der Waals surface area (Å²) in [6, 6.07) is 2.19. The fourth-order valence-electron chi connectivity index (χ4n) is 5.84. The van der Waals surface area contributed by atoms with E-state index in [1.807, 2.05) is 12.3 Å². The molecule has 0 saturated heterocycles. The number of carbonyl (C=O) groups is 1. The number of fused-ring (bicyclic) bond motifs is 1. The number of rotatable bonds is 4. The van der Waals surface area contributed by atoms with Crippen molar-refractivity contribution in [2.45, 2.75) is 43.7 Å². The molecule has 5 atom stereocenters. The second-order valence-electron chi connectivity index (χ2n) is 8.23. The third kappa shape index (κ3) is 2.31. The second kappa shape index (κ2) is 5.29. The first-order valence-electron chi connectivity index (χ1n) is 9.15. The smallest absolute Gasteiger partial charge is 0.191 e. The average molecular weight is 341 g/mol. The summed E-state index contributed by atoms with van der Waals surface area (Å²) in [6.45, 7) is -0.522. The highest BCUT2D eigenvalue weighted by Crippen LogP contribution is 2.56. The van der Waals surface area contributed by atoms with Crippen LogP contribution in [-0.4, -0.2) is 44.2 Å². The molecule has 0 aliphatic heterocycles. The van der Waals surface area contributed by atoms with Gasteiger partial charge in [-0.1, -0.05) is 0 Å². The van der Waals surface area contributed by atoms with Gasteiger partial charge in [0, 0.05) is 23.8 Å². The van der Waals surface area contributed by atoms with Crippen molar-refractivity contribution in [1.29, 1.82) is 0 Å². The molecule has 4 N–H and O–H groups in total. The summed E-state index contributed by atoms with van der Waals surface area (Å²) in [4.78, 5) is 19.6. The lowest BCUT2D eigenvalue weighted by Crippen LogP contribution is -2.59. The largest absolute Gasteiger partial charge is 0.390 e. The van der Waals surface area contributed by atoms with E-state index in [1.54, 1.807) is 6.20 Å². The van der Waals surface area contributed by atoms with Crippen LogP contribution in [0.5, 0.6) is 0 Å². The van der Waals surface area contributed by atoms with E-state index in [2.05, 4.69) is 15.3 Å². The number of nitrogens with zero attached hydrogens (tertiary/aromatic N) is 1. The fraction of sp³-hybridized carbons (Fsp3) is 0.579.